The molecule has 0 bridgehead atoms. The highest BCUT2D eigenvalue weighted by Crippen LogP contribution is 2.21. The highest BCUT2D eigenvalue weighted by atomic mass is 32.2. The van der Waals surface area contributed by atoms with E-state index in [4.69, 9.17) is 0 Å². The van der Waals surface area contributed by atoms with Gasteiger partial charge in [-0.05, 0) is 56.4 Å². The Kier molecular flexibility index (Phi) is 8.20. The van der Waals surface area contributed by atoms with E-state index in [0.717, 1.165) is 5.56 Å². The lowest BCUT2D eigenvalue weighted by molar-refractivity contribution is -0.136. The number of anilines is 1. The fourth-order valence-corrected chi connectivity index (χ4v) is 5.12. The molecule has 9 heteroatoms. The zero-order chi connectivity index (χ0) is 24.0. The highest BCUT2D eigenvalue weighted by molar-refractivity contribution is 7.89. The van der Waals surface area contributed by atoms with Gasteiger partial charge in [-0.25, -0.2) is 13.4 Å². The molecule has 1 aromatic heterocycles. The number of hydrogen-bond donors (Lipinski definition) is 2. The summed E-state index contributed by atoms with van der Waals surface area (Å²) in [7, 11) is -3.86. The second-order valence-corrected chi connectivity index (χ2v) is 10.7. The molecular formula is C24H32N4O4S. The number of sulfonamides is 1. The third-order valence-corrected chi connectivity index (χ3v) is 7.14. The number of rotatable bonds is 8. The highest BCUT2D eigenvalue weighted by Gasteiger charge is 2.34. The molecule has 2 heterocycles. The normalized spacial score (nSPS) is 17.6. The molecule has 33 heavy (non-hydrogen) atoms. The Balaban J connectivity index is 1.71. The van der Waals surface area contributed by atoms with E-state index in [0.29, 0.717) is 31.6 Å². The number of piperidine rings is 1. The molecule has 2 aromatic rings. The number of hydrogen-bond acceptors (Lipinski definition) is 5. The molecule has 2 atom stereocenters. The number of aryl methyl sites for hydroxylation is 1. The van der Waals surface area contributed by atoms with Crippen LogP contribution in [0.5, 0.6) is 0 Å². The van der Waals surface area contributed by atoms with Crippen molar-refractivity contribution in [3.05, 3.63) is 54.2 Å². The van der Waals surface area contributed by atoms with Gasteiger partial charge < -0.3 is 10.2 Å². The Morgan fingerprint density at radius 3 is 2.52 bits per heavy atom. The van der Waals surface area contributed by atoms with E-state index in [1.54, 1.807) is 41.4 Å². The first-order chi connectivity index (χ1) is 15.7. The smallest absolute Gasteiger partial charge is 0.241 e. The van der Waals surface area contributed by atoms with E-state index in [-0.39, 0.29) is 35.1 Å². The molecule has 2 N–H and O–H groups in total. The molecule has 1 aliphatic rings. The van der Waals surface area contributed by atoms with Crippen molar-refractivity contribution < 1.29 is 18.0 Å². The summed E-state index contributed by atoms with van der Waals surface area (Å²) in [6.45, 7) is 6.51. The Labute approximate surface area is 195 Å². The molecule has 178 valence electrons. The van der Waals surface area contributed by atoms with Crippen molar-refractivity contribution in [1.82, 2.24) is 14.6 Å². The van der Waals surface area contributed by atoms with Gasteiger partial charge in [0, 0.05) is 19.3 Å². The van der Waals surface area contributed by atoms with Gasteiger partial charge >= 0.3 is 0 Å². The van der Waals surface area contributed by atoms with Crippen LogP contribution < -0.4 is 10.0 Å². The summed E-state index contributed by atoms with van der Waals surface area (Å²) in [6, 6.07) is 10.9. The van der Waals surface area contributed by atoms with Crippen molar-refractivity contribution in [1.29, 1.82) is 0 Å². The Hall–Kier alpha value is -2.78. The van der Waals surface area contributed by atoms with Gasteiger partial charge in [0.05, 0.1) is 10.8 Å². The van der Waals surface area contributed by atoms with Gasteiger partial charge in [-0.1, -0.05) is 37.6 Å². The largest absolute Gasteiger partial charge is 0.341 e. The average molecular weight is 473 g/mol. The van der Waals surface area contributed by atoms with Crippen molar-refractivity contribution >= 4 is 27.7 Å². The lowest BCUT2D eigenvalue weighted by Gasteiger charge is -2.34. The monoisotopic (exact) mass is 472 g/mol. The van der Waals surface area contributed by atoms with Crippen LogP contribution in [0.2, 0.25) is 0 Å². The SMILES string of the molecule is Cc1ccc(S(=O)(=O)N[C@@H](CC(C)C)C(=O)N2CCC[C@@H](C(=O)Nc3ccccn3)C2)cc1. The molecule has 3 rings (SSSR count). The van der Waals surface area contributed by atoms with Gasteiger partial charge in [-0.15, -0.1) is 0 Å². The third kappa shape index (κ3) is 6.85. The van der Waals surface area contributed by atoms with Crippen LogP contribution in [0.4, 0.5) is 5.82 Å². The van der Waals surface area contributed by atoms with E-state index in [2.05, 4.69) is 15.0 Å². The fraction of sp³-hybridized carbons (Fsp3) is 0.458. The topological polar surface area (TPSA) is 108 Å². The van der Waals surface area contributed by atoms with Crippen LogP contribution in [0, 0.1) is 18.8 Å². The van der Waals surface area contributed by atoms with Crippen molar-refractivity contribution in [3.63, 3.8) is 0 Å². The second-order valence-electron chi connectivity index (χ2n) is 8.94. The molecule has 1 fully saturated rings. The minimum Gasteiger partial charge on any atom is -0.341 e. The zero-order valence-electron chi connectivity index (χ0n) is 19.3. The van der Waals surface area contributed by atoms with Gasteiger partial charge in [-0.3, -0.25) is 9.59 Å². The lowest BCUT2D eigenvalue weighted by atomic mass is 9.95. The summed E-state index contributed by atoms with van der Waals surface area (Å²) in [5, 5.41) is 2.80. The quantitative estimate of drug-likeness (QED) is 0.614. The standard InChI is InChI=1S/C24H32N4O4S/c1-17(2)15-21(27-33(31,32)20-11-9-18(3)10-12-20)24(30)28-14-6-7-19(16-28)23(29)26-22-8-4-5-13-25-22/h4-5,8-13,17,19,21,27H,6-7,14-16H2,1-3H3,(H,25,26,29)/t19-,21+/m1/s1. The first-order valence-corrected chi connectivity index (χ1v) is 12.7. The van der Waals surface area contributed by atoms with Crippen LogP contribution in [0.1, 0.15) is 38.7 Å². The fourth-order valence-electron chi connectivity index (χ4n) is 3.92. The van der Waals surface area contributed by atoms with Crippen molar-refractivity contribution in [2.24, 2.45) is 11.8 Å². The number of amides is 2. The van der Waals surface area contributed by atoms with Crippen LogP contribution in [0.3, 0.4) is 0 Å². The summed E-state index contributed by atoms with van der Waals surface area (Å²) >= 11 is 0. The maximum atomic E-state index is 13.4. The van der Waals surface area contributed by atoms with Gasteiger partial charge in [0.2, 0.25) is 21.8 Å². The predicted molar refractivity (Wildman–Crippen MR) is 127 cm³/mol. The van der Waals surface area contributed by atoms with Crippen LogP contribution in [0.15, 0.2) is 53.6 Å². The van der Waals surface area contributed by atoms with E-state index in [1.807, 2.05) is 20.8 Å². The maximum Gasteiger partial charge on any atom is 0.241 e. The van der Waals surface area contributed by atoms with Gasteiger partial charge in [-0.2, -0.15) is 4.72 Å². The summed E-state index contributed by atoms with van der Waals surface area (Å²) in [5.41, 5.74) is 0.951. The lowest BCUT2D eigenvalue weighted by Crippen LogP contribution is -2.52. The first-order valence-electron chi connectivity index (χ1n) is 11.3. The predicted octanol–water partition coefficient (Wildman–Crippen LogP) is 2.96. The maximum absolute atomic E-state index is 13.4. The van der Waals surface area contributed by atoms with Crippen molar-refractivity contribution in [2.45, 2.75) is 51.0 Å². The van der Waals surface area contributed by atoms with E-state index < -0.39 is 16.1 Å². The molecule has 1 aromatic carbocycles. The van der Waals surface area contributed by atoms with E-state index >= 15 is 0 Å². The van der Waals surface area contributed by atoms with E-state index in [1.165, 1.54) is 12.1 Å². The molecular weight excluding hydrogens is 440 g/mol. The molecule has 2 amide bonds. The van der Waals surface area contributed by atoms with E-state index in [9.17, 15) is 18.0 Å². The Morgan fingerprint density at radius 1 is 1.15 bits per heavy atom. The summed E-state index contributed by atoms with van der Waals surface area (Å²) in [5.74, 6) is -0.290. The second kappa shape index (κ2) is 10.9. The van der Waals surface area contributed by atoms with Crippen LogP contribution in [-0.2, 0) is 19.6 Å². The number of aromatic nitrogens is 1. The molecule has 0 spiro atoms. The minimum atomic E-state index is -3.86. The zero-order valence-corrected chi connectivity index (χ0v) is 20.1. The molecule has 1 saturated heterocycles. The van der Waals surface area contributed by atoms with Gasteiger partial charge in [0.25, 0.3) is 0 Å². The van der Waals surface area contributed by atoms with Gasteiger partial charge in [0.15, 0.2) is 0 Å². The van der Waals surface area contributed by atoms with Gasteiger partial charge in [0.1, 0.15) is 11.9 Å². The molecule has 0 aliphatic carbocycles. The molecule has 0 radical (unpaired) electrons. The Morgan fingerprint density at radius 2 is 1.88 bits per heavy atom. The van der Waals surface area contributed by atoms with Crippen LogP contribution in [0.25, 0.3) is 0 Å². The minimum absolute atomic E-state index is 0.104. The van der Waals surface area contributed by atoms with Crippen molar-refractivity contribution in [2.75, 3.05) is 18.4 Å². The molecule has 1 aliphatic heterocycles. The molecule has 8 nitrogen and oxygen atoms in total. The Bertz CT molecular complexity index is 1060. The summed E-state index contributed by atoms with van der Waals surface area (Å²) < 4.78 is 28.5. The number of nitrogens with one attached hydrogen (secondary N) is 2. The summed E-state index contributed by atoms with van der Waals surface area (Å²) in [6.07, 6.45) is 3.30. The summed E-state index contributed by atoms with van der Waals surface area (Å²) in [4.78, 5) is 32.0. The number of benzene rings is 1. The van der Waals surface area contributed by atoms with Crippen LogP contribution in [-0.4, -0.2) is 49.2 Å². The molecule has 0 saturated carbocycles. The number of pyridine rings is 1. The van der Waals surface area contributed by atoms with Crippen molar-refractivity contribution in [3.8, 4) is 0 Å². The number of carbonyl (C=O) groups excluding carboxylic acids is 2. The van der Waals surface area contributed by atoms with Crippen LogP contribution >= 0.6 is 0 Å². The average Bonchev–Trinajstić information content (AvgIpc) is 2.78. The number of likely N-dealkylation sites (tertiary alicyclic amines) is 1. The number of nitrogens with zero attached hydrogens (tertiary/aromatic N) is 2. The first kappa shape index (κ1) is 24.9. The third-order valence-electron chi connectivity index (χ3n) is 5.65. The molecule has 0 unspecified atom stereocenters. The number of carbonyl (C=O) groups is 2.